The first kappa shape index (κ1) is 15.5. The Bertz CT molecular complexity index is 526. The summed E-state index contributed by atoms with van der Waals surface area (Å²) >= 11 is 0. The van der Waals surface area contributed by atoms with E-state index in [4.69, 9.17) is 0 Å². The van der Waals surface area contributed by atoms with Gasteiger partial charge in [0.05, 0.1) is 11.4 Å². The Morgan fingerprint density at radius 1 is 1.15 bits per heavy atom. The van der Waals surface area contributed by atoms with Crippen molar-refractivity contribution in [2.75, 3.05) is 6.26 Å². The van der Waals surface area contributed by atoms with Gasteiger partial charge in [-0.25, -0.2) is 8.42 Å². The van der Waals surface area contributed by atoms with E-state index < -0.39 is 22.0 Å². The molecule has 2 rings (SSSR count). The van der Waals surface area contributed by atoms with E-state index >= 15 is 0 Å². The molecule has 20 heavy (non-hydrogen) atoms. The molecule has 1 fully saturated rings. The summed E-state index contributed by atoms with van der Waals surface area (Å²) in [6.45, 7) is 0. The van der Waals surface area contributed by atoms with Crippen LogP contribution in [0, 0.1) is 5.92 Å². The van der Waals surface area contributed by atoms with Crippen molar-refractivity contribution in [3.05, 3.63) is 35.9 Å². The van der Waals surface area contributed by atoms with Crippen LogP contribution in [0.2, 0.25) is 0 Å². The lowest BCUT2D eigenvalue weighted by Crippen LogP contribution is -2.36. The summed E-state index contributed by atoms with van der Waals surface area (Å²) < 4.78 is 23.3. The van der Waals surface area contributed by atoms with Crippen LogP contribution in [-0.4, -0.2) is 36.2 Å². The molecule has 112 valence electrons. The summed E-state index contributed by atoms with van der Waals surface area (Å²) in [6, 6.07) is 9.01. The summed E-state index contributed by atoms with van der Waals surface area (Å²) in [7, 11) is -3.08. The SMILES string of the molecule is CS(=O)(=O)C1CCCC(C(O)C(O)c2ccccc2)C1. The maximum atomic E-state index is 11.7. The lowest BCUT2D eigenvalue weighted by molar-refractivity contribution is -0.0281. The predicted octanol–water partition coefficient (Wildman–Crippen LogP) is 1.68. The number of hydrogen-bond acceptors (Lipinski definition) is 4. The van der Waals surface area contributed by atoms with Crippen molar-refractivity contribution >= 4 is 9.84 Å². The van der Waals surface area contributed by atoms with Gasteiger partial charge >= 0.3 is 0 Å². The van der Waals surface area contributed by atoms with Crippen LogP contribution in [0.25, 0.3) is 0 Å². The normalized spacial score (nSPS) is 26.9. The molecule has 5 heteroatoms. The fourth-order valence-corrected chi connectivity index (χ4v) is 4.18. The first-order valence-corrected chi connectivity index (χ1v) is 8.95. The highest BCUT2D eigenvalue weighted by molar-refractivity contribution is 7.91. The highest BCUT2D eigenvalue weighted by atomic mass is 32.2. The molecule has 0 radical (unpaired) electrons. The molecule has 4 atom stereocenters. The van der Waals surface area contributed by atoms with Gasteiger partial charge < -0.3 is 10.2 Å². The second kappa shape index (κ2) is 6.24. The molecule has 0 saturated heterocycles. The number of benzene rings is 1. The predicted molar refractivity (Wildman–Crippen MR) is 78.0 cm³/mol. The van der Waals surface area contributed by atoms with Crippen LogP contribution in [0.5, 0.6) is 0 Å². The lowest BCUT2D eigenvalue weighted by atomic mass is 9.82. The van der Waals surface area contributed by atoms with Crippen molar-refractivity contribution in [2.45, 2.75) is 43.1 Å². The van der Waals surface area contributed by atoms with Crippen LogP contribution >= 0.6 is 0 Å². The molecule has 1 aromatic rings. The quantitative estimate of drug-likeness (QED) is 0.887. The largest absolute Gasteiger partial charge is 0.390 e. The van der Waals surface area contributed by atoms with Crippen LogP contribution in [0.4, 0.5) is 0 Å². The molecule has 0 aliphatic heterocycles. The third kappa shape index (κ3) is 3.59. The third-order valence-electron chi connectivity index (χ3n) is 4.22. The summed E-state index contributed by atoms with van der Waals surface area (Å²) in [5.41, 5.74) is 0.668. The summed E-state index contributed by atoms with van der Waals surface area (Å²) in [4.78, 5) is 0. The molecule has 4 nitrogen and oxygen atoms in total. The number of sulfone groups is 1. The average molecular weight is 298 g/mol. The molecule has 1 aliphatic carbocycles. The van der Waals surface area contributed by atoms with E-state index in [1.807, 2.05) is 18.2 Å². The standard InChI is InChI=1S/C15H22O4S/c1-20(18,19)13-9-5-8-12(10-13)15(17)14(16)11-6-3-2-4-7-11/h2-4,6-7,12-17H,5,8-10H2,1H3. The molecule has 0 bridgehead atoms. The van der Waals surface area contributed by atoms with Gasteiger partial charge in [0.15, 0.2) is 0 Å². The Kier molecular flexibility index (Phi) is 4.83. The van der Waals surface area contributed by atoms with E-state index in [2.05, 4.69) is 0 Å². The monoisotopic (exact) mass is 298 g/mol. The second-order valence-corrected chi connectivity index (χ2v) is 8.05. The maximum absolute atomic E-state index is 11.7. The fraction of sp³-hybridized carbons (Fsp3) is 0.600. The third-order valence-corrected chi connectivity index (χ3v) is 5.86. The van der Waals surface area contributed by atoms with E-state index in [0.29, 0.717) is 18.4 Å². The smallest absolute Gasteiger partial charge is 0.150 e. The van der Waals surface area contributed by atoms with Gasteiger partial charge in [0.25, 0.3) is 0 Å². The van der Waals surface area contributed by atoms with Gasteiger partial charge in [-0.2, -0.15) is 0 Å². The van der Waals surface area contributed by atoms with E-state index in [1.54, 1.807) is 12.1 Å². The number of aliphatic hydroxyl groups is 2. The van der Waals surface area contributed by atoms with Crippen LogP contribution in [0.3, 0.4) is 0 Å². The zero-order chi connectivity index (χ0) is 14.8. The van der Waals surface area contributed by atoms with Gasteiger partial charge in [-0.15, -0.1) is 0 Å². The Labute approximate surface area is 120 Å². The zero-order valence-electron chi connectivity index (χ0n) is 11.6. The summed E-state index contributed by atoms with van der Waals surface area (Å²) in [5, 5.41) is 20.2. The minimum absolute atomic E-state index is 0.168. The van der Waals surface area contributed by atoms with Crippen LogP contribution in [-0.2, 0) is 9.84 Å². The first-order chi connectivity index (χ1) is 9.39. The first-order valence-electron chi connectivity index (χ1n) is 6.99. The van der Waals surface area contributed by atoms with Gasteiger partial charge in [0.2, 0.25) is 0 Å². The molecule has 1 aromatic carbocycles. The number of rotatable bonds is 4. The molecule has 1 aliphatic rings. The van der Waals surface area contributed by atoms with E-state index in [0.717, 1.165) is 12.8 Å². The molecular formula is C15H22O4S. The molecule has 2 N–H and O–H groups in total. The number of aliphatic hydroxyl groups excluding tert-OH is 2. The maximum Gasteiger partial charge on any atom is 0.150 e. The summed E-state index contributed by atoms with van der Waals surface area (Å²) in [5.74, 6) is -0.168. The molecule has 4 unspecified atom stereocenters. The van der Waals surface area contributed by atoms with Crippen molar-refractivity contribution in [1.82, 2.24) is 0 Å². The van der Waals surface area contributed by atoms with Crippen molar-refractivity contribution in [1.29, 1.82) is 0 Å². The minimum atomic E-state index is -3.08. The Hall–Kier alpha value is -0.910. The van der Waals surface area contributed by atoms with Gasteiger partial charge in [-0.1, -0.05) is 36.8 Å². The minimum Gasteiger partial charge on any atom is -0.390 e. The van der Waals surface area contributed by atoms with E-state index in [-0.39, 0.29) is 11.2 Å². The summed E-state index contributed by atoms with van der Waals surface area (Å²) in [6.07, 6.45) is 2.01. The lowest BCUT2D eigenvalue weighted by Gasteiger charge is -2.33. The zero-order valence-corrected chi connectivity index (χ0v) is 12.5. The van der Waals surface area contributed by atoms with Crippen LogP contribution < -0.4 is 0 Å². The molecule has 1 saturated carbocycles. The van der Waals surface area contributed by atoms with E-state index in [1.165, 1.54) is 6.26 Å². The molecule has 0 amide bonds. The van der Waals surface area contributed by atoms with Crippen LogP contribution in [0.1, 0.15) is 37.4 Å². The number of hydrogen-bond donors (Lipinski definition) is 2. The van der Waals surface area contributed by atoms with Gasteiger partial charge in [0.1, 0.15) is 15.9 Å². The Morgan fingerprint density at radius 3 is 2.40 bits per heavy atom. The second-order valence-electron chi connectivity index (χ2n) is 5.72. The molecule has 0 heterocycles. The molecule has 0 aromatic heterocycles. The molecular weight excluding hydrogens is 276 g/mol. The van der Waals surface area contributed by atoms with E-state index in [9.17, 15) is 18.6 Å². The molecule has 0 spiro atoms. The van der Waals surface area contributed by atoms with Crippen molar-refractivity contribution in [3.63, 3.8) is 0 Å². The average Bonchev–Trinajstić information content (AvgIpc) is 2.46. The van der Waals surface area contributed by atoms with Gasteiger partial charge in [-0.3, -0.25) is 0 Å². The highest BCUT2D eigenvalue weighted by Crippen LogP contribution is 2.34. The topological polar surface area (TPSA) is 74.6 Å². The van der Waals surface area contributed by atoms with Crippen LogP contribution in [0.15, 0.2) is 30.3 Å². The van der Waals surface area contributed by atoms with Crippen molar-refractivity contribution in [3.8, 4) is 0 Å². The highest BCUT2D eigenvalue weighted by Gasteiger charge is 2.35. The van der Waals surface area contributed by atoms with Gasteiger partial charge in [-0.05, 0) is 30.7 Å². The van der Waals surface area contributed by atoms with Gasteiger partial charge in [0, 0.05) is 6.26 Å². The fourth-order valence-electron chi connectivity index (χ4n) is 2.99. The van der Waals surface area contributed by atoms with Crippen molar-refractivity contribution in [2.24, 2.45) is 5.92 Å². The Balaban J connectivity index is 2.07. The Morgan fingerprint density at radius 2 is 1.80 bits per heavy atom. The van der Waals surface area contributed by atoms with Crippen molar-refractivity contribution < 1.29 is 18.6 Å².